The highest BCUT2D eigenvalue weighted by Gasteiger charge is 2.28. The number of nitrogens with one attached hydrogen (secondary N) is 1. The summed E-state index contributed by atoms with van der Waals surface area (Å²) in [7, 11) is 1.79. The highest BCUT2D eigenvalue weighted by Crippen LogP contribution is 2.17. The Bertz CT molecular complexity index is 199. The van der Waals surface area contributed by atoms with E-state index in [9.17, 15) is 0 Å². The van der Waals surface area contributed by atoms with Crippen molar-refractivity contribution in [3.8, 4) is 0 Å². The Labute approximate surface area is 107 Å². The Morgan fingerprint density at radius 2 is 2.18 bits per heavy atom. The van der Waals surface area contributed by atoms with Gasteiger partial charge in [-0.2, -0.15) is 0 Å². The van der Waals surface area contributed by atoms with Crippen LogP contribution in [0.25, 0.3) is 0 Å². The quantitative estimate of drug-likeness (QED) is 0.692. The van der Waals surface area contributed by atoms with Gasteiger partial charge in [-0.1, -0.05) is 27.2 Å². The van der Waals surface area contributed by atoms with E-state index in [1.165, 1.54) is 25.9 Å². The Hall–Kier alpha value is -0.120. The molecule has 3 unspecified atom stereocenters. The largest absolute Gasteiger partial charge is 0.385 e. The summed E-state index contributed by atoms with van der Waals surface area (Å²) in [6, 6.07) is 1.39. The second-order valence-corrected chi connectivity index (χ2v) is 5.30. The number of ether oxygens (including phenoxy) is 1. The summed E-state index contributed by atoms with van der Waals surface area (Å²) in [6.45, 7) is 11.4. The minimum absolute atomic E-state index is 0.672. The van der Waals surface area contributed by atoms with Crippen molar-refractivity contribution in [2.75, 3.05) is 33.4 Å². The van der Waals surface area contributed by atoms with Gasteiger partial charge in [0.05, 0.1) is 0 Å². The monoisotopic (exact) mass is 242 g/mol. The SMILES string of the molecule is CCC(C)C1CN(CCCOC)C(CC)CN1. The first-order chi connectivity index (χ1) is 8.22. The van der Waals surface area contributed by atoms with Gasteiger partial charge in [0.1, 0.15) is 0 Å². The summed E-state index contributed by atoms with van der Waals surface area (Å²) in [5.74, 6) is 0.776. The molecule has 1 aliphatic rings. The maximum absolute atomic E-state index is 5.15. The van der Waals surface area contributed by atoms with Crippen molar-refractivity contribution >= 4 is 0 Å². The fourth-order valence-electron chi connectivity index (χ4n) is 2.64. The molecular weight excluding hydrogens is 212 g/mol. The van der Waals surface area contributed by atoms with Gasteiger partial charge in [0, 0.05) is 45.4 Å². The van der Waals surface area contributed by atoms with Gasteiger partial charge in [-0.05, 0) is 18.8 Å². The molecule has 0 aliphatic carbocycles. The maximum Gasteiger partial charge on any atom is 0.0474 e. The van der Waals surface area contributed by atoms with E-state index in [0.29, 0.717) is 12.1 Å². The van der Waals surface area contributed by atoms with Gasteiger partial charge in [0.15, 0.2) is 0 Å². The minimum atomic E-state index is 0.672. The lowest BCUT2D eigenvalue weighted by molar-refractivity contribution is 0.0923. The van der Waals surface area contributed by atoms with Gasteiger partial charge in [0.25, 0.3) is 0 Å². The van der Waals surface area contributed by atoms with Crippen molar-refractivity contribution in [1.82, 2.24) is 10.2 Å². The van der Waals surface area contributed by atoms with Gasteiger partial charge in [-0.15, -0.1) is 0 Å². The maximum atomic E-state index is 5.15. The normalized spacial score (nSPS) is 28.2. The number of piperazine rings is 1. The molecule has 0 aromatic heterocycles. The Morgan fingerprint density at radius 1 is 1.41 bits per heavy atom. The molecular formula is C14H30N2O. The Kier molecular flexibility index (Phi) is 7.09. The van der Waals surface area contributed by atoms with Crippen LogP contribution in [-0.4, -0.2) is 50.3 Å². The van der Waals surface area contributed by atoms with Gasteiger partial charge in [-0.25, -0.2) is 0 Å². The van der Waals surface area contributed by atoms with Crippen molar-refractivity contribution in [1.29, 1.82) is 0 Å². The fourth-order valence-corrected chi connectivity index (χ4v) is 2.64. The summed E-state index contributed by atoms with van der Waals surface area (Å²) in [5, 5.41) is 3.72. The first-order valence-corrected chi connectivity index (χ1v) is 7.19. The zero-order valence-corrected chi connectivity index (χ0v) is 12.0. The average Bonchev–Trinajstić information content (AvgIpc) is 2.38. The van der Waals surface area contributed by atoms with Crippen molar-refractivity contribution in [2.24, 2.45) is 5.92 Å². The van der Waals surface area contributed by atoms with E-state index in [1.807, 2.05) is 0 Å². The van der Waals surface area contributed by atoms with E-state index in [4.69, 9.17) is 4.74 Å². The van der Waals surface area contributed by atoms with E-state index in [2.05, 4.69) is 31.0 Å². The molecule has 102 valence electrons. The third-order valence-electron chi connectivity index (χ3n) is 4.16. The first-order valence-electron chi connectivity index (χ1n) is 7.19. The smallest absolute Gasteiger partial charge is 0.0474 e. The predicted molar refractivity (Wildman–Crippen MR) is 73.4 cm³/mol. The molecule has 0 aromatic rings. The van der Waals surface area contributed by atoms with Crippen LogP contribution in [-0.2, 0) is 4.74 Å². The average molecular weight is 242 g/mol. The third kappa shape index (κ3) is 4.57. The van der Waals surface area contributed by atoms with Gasteiger partial charge in [0.2, 0.25) is 0 Å². The van der Waals surface area contributed by atoms with Crippen LogP contribution in [0, 0.1) is 5.92 Å². The van der Waals surface area contributed by atoms with Crippen molar-refractivity contribution in [3.63, 3.8) is 0 Å². The van der Waals surface area contributed by atoms with Gasteiger partial charge >= 0.3 is 0 Å². The molecule has 0 saturated carbocycles. The van der Waals surface area contributed by atoms with E-state index in [0.717, 1.165) is 25.5 Å². The molecule has 17 heavy (non-hydrogen) atoms. The summed E-state index contributed by atoms with van der Waals surface area (Å²) >= 11 is 0. The van der Waals surface area contributed by atoms with Crippen LogP contribution in [0.5, 0.6) is 0 Å². The highest BCUT2D eigenvalue weighted by atomic mass is 16.5. The Morgan fingerprint density at radius 3 is 2.76 bits per heavy atom. The van der Waals surface area contributed by atoms with Crippen LogP contribution in [0.3, 0.4) is 0 Å². The van der Waals surface area contributed by atoms with Crippen molar-refractivity contribution in [2.45, 2.75) is 52.1 Å². The summed E-state index contributed by atoms with van der Waals surface area (Å²) in [4.78, 5) is 2.66. The Balaban J connectivity index is 2.43. The highest BCUT2D eigenvalue weighted by molar-refractivity contribution is 4.87. The molecule has 0 amide bonds. The second kappa shape index (κ2) is 8.06. The van der Waals surface area contributed by atoms with E-state index in [-0.39, 0.29) is 0 Å². The topological polar surface area (TPSA) is 24.5 Å². The molecule has 0 radical (unpaired) electrons. The molecule has 3 nitrogen and oxygen atoms in total. The zero-order chi connectivity index (χ0) is 12.7. The molecule has 1 saturated heterocycles. The number of methoxy groups -OCH3 is 1. The molecule has 0 bridgehead atoms. The summed E-state index contributed by atoms with van der Waals surface area (Å²) < 4.78 is 5.15. The lowest BCUT2D eigenvalue weighted by Crippen LogP contribution is -2.58. The zero-order valence-electron chi connectivity index (χ0n) is 12.0. The molecule has 0 spiro atoms. The minimum Gasteiger partial charge on any atom is -0.385 e. The van der Waals surface area contributed by atoms with Crippen molar-refractivity contribution < 1.29 is 4.74 Å². The number of nitrogens with zero attached hydrogens (tertiary/aromatic N) is 1. The van der Waals surface area contributed by atoms with E-state index in [1.54, 1.807) is 7.11 Å². The van der Waals surface area contributed by atoms with Crippen LogP contribution in [0.2, 0.25) is 0 Å². The number of hydrogen-bond acceptors (Lipinski definition) is 3. The number of rotatable bonds is 7. The van der Waals surface area contributed by atoms with E-state index >= 15 is 0 Å². The molecule has 0 aromatic carbocycles. The van der Waals surface area contributed by atoms with Crippen LogP contribution in [0.15, 0.2) is 0 Å². The molecule has 1 rings (SSSR count). The predicted octanol–water partition coefficient (Wildman–Crippen LogP) is 2.12. The van der Waals surface area contributed by atoms with Crippen LogP contribution < -0.4 is 5.32 Å². The molecule has 1 N–H and O–H groups in total. The lowest BCUT2D eigenvalue weighted by atomic mass is 9.95. The molecule has 3 heteroatoms. The van der Waals surface area contributed by atoms with Crippen LogP contribution in [0.4, 0.5) is 0 Å². The molecule has 1 aliphatic heterocycles. The first kappa shape index (κ1) is 14.9. The lowest BCUT2D eigenvalue weighted by Gasteiger charge is -2.42. The standard InChI is InChI=1S/C14H30N2O/c1-5-12(3)14-11-16(8-7-9-17-4)13(6-2)10-15-14/h12-15H,5-11H2,1-4H3. The molecule has 1 fully saturated rings. The summed E-state index contributed by atoms with van der Waals surface area (Å²) in [6.07, 6.45) is 3.66. The fraction of sp³-hybridized carbons (Fsp3) is 1.00. The third-order valence-corrected chi connectivity index (χ3v) is 4.16. The second-order valence-electron chi connectivity index (χ2n) is 5.30. The van der Waals surface area contributed by atoms with Crippen molar-refractivity contribution in [3.05, 3.63) is 0 Å². The van der Waals surface area contributed by atoms with Gasteiger partial charge in [-0.3, -0.25) is 4.90 Å². The number of hydrogen-bond donors (Lipinski definition) is 1. The van der Waals surface area contributed by atoms with E-state index < -0.39 is 0 Å². The molecule has 1 heterocycles. The van der Waals surface area contributed by atoms with Crippen LogP contribution in [0.1, 0.15) is 40.0 Å². The summed E-state index contributed by atoms with van der Waals surface area (Å²) in [5.41, 5.74) is 0. The van der Waals surface area contributed by atoms with Crippen LogP contribution >= 0.6 is 0 Å². The molecule has 3 atom stereocenters. The van der Waals surface area contributed by atoms with Gasteiger partial charge < -0.3 is 10.1 Å².